The van der Waals surface area contributed by atoms with Gasteiger partial charge in [-0.2, -0.15) is 0 Å². The number of likely N-dealkylation sites (N-methyl/N-ethyl adjacent to an activating group) is 1. The van der Waals surface area contributed by atoms with E-state index in [-0.39, 0.29) is 5.54 Å². The number of thiocarbonyl (C=S) groups is 1. The third kappa shape index (κ3) is 4.71. The Hall–Kier alpha value is -0.390. The Kier molecular flexibility index (Phi) is 6.32. The van der Waals surface area contributed by atoms with Gasteiger partial charge in [0.1, 0.15) is 0 Å². The summed E-state index contributed by atoms with van der Waals surface area (Å²) in [6.07, 6.45) is 1.01. The van der Waals surface area contributed by atoms with E-state index < -0.39 is 0 Å². The molecule has 1 saturated heterocycles. The largest absolute Gasteiger partial charge is 0.382 e. The van der Waals surface area contributed by atoms with Crippen LogP contribution in [0.2, 0.25) is 0 Å². The van der Waals surface area contributed by atoms with E-state index in [1.807, 2.05) is 6.92 Å². The highest BCUT2D eigenvalue weighted by atomic mass is 32.1. The van der Waals surface area contributed by atoms with E-state index in [1.165, 1.54) is 0 Å². The smallest absolute Gasteiger partial charge is 0.169 e. The summed E-state index contributed by atoms with van der Waals surface area (Å²) in [5.41, 5.74) is 0.190. The molecule has 1 rings (SSSR count). The van der Waals surface area contributed by atoms with Crippen molar-refractivity contribution in [1.29, 1.82) is 0 Å². The van der Waals surface area contributed by atoms with Crippen LogP contribution in [0.15, 0.2) is 0 Å². The minimum atomic E-state index is 0.190. The molecule has 0 radical (unpaired) electrons. The van der Waals surface area contributed by atoms with Crippen molar-refractivity contribution in [3.63, 3.8) is 0 Å². The van der Waals surface area contributed by atoms with E-state index >= 15 is 0 Å². The van der Waals surface area contributed by atoms with Crippen LogP contribution in [0.4, 0.5) is 0 Å². The molecule has 0 aromatic rings. The lowest BCUT2D eigenvalue weighted by atomic mass is 10.0. The number of ether oxygens (including phenoxy) is 1. The third-order valence-electron chi connectivity index (χ3n) is 3.55. The quantitative estimate of drug-likeness (QED) is 0.602. The average Bonchev–Trinajstić information content (AvgIpc) is 2.32. The van der Waals surface area contributed by atoms with E-state index in [0.717, 1.165) is 50.9 Å². The molecule has 0 aromatic carbocycles. The number of piperazine rings is 1. The van der Waals surface area contributed by atoms with Gasteiger partial charge in [0.15, 0.2) is 5.11 Å². The van der Waals surface area contributed by atoms with Crippen LogP contribution in [-0.2, 0) is 4.74 Å². The van der Waals surface area contributed by atoms with E-state index in [2.05, 4.69) is 36.0 Å². The van der Waals surface area contributed by atoms with Gasteiger partial charge in [-0.05, 0) is 46.5 Å². The minimum absolute atomic E-state index is 0.190. The Bertz CT molecular complexity index is 271. The molecule has 0 aromatic heterocycles. The first-order chi connectivity index (χ1) is 8.47. The average molecular weight is 273 g/mol. The standard InChI is InChI=1S/C13H27N3OS/c1-5-17-10-6-7-14-12(18)16-9-8-15(4)13(2,3)11-16/h5-11H2,1-4H3,(H,14,18). The lowest BCUT2D eigenvalue weighted by Crippen LogP contribution is -2.60. The third-order valence-corrected chi connectivity index (χ3v) is 3.95. The van der Waals surface area contributed by atoms with Crippen LogP contribution in [0.3, 0.4) is 0 Å². The molecule has 0 aliphatic carbocycles. The summed E-state index contributed by atoms with van der Waals surface area (Å²) in [5, 5.41) is 4.20. The second kappa shape index (κ2) is 7.26. The molecule has 0 saturated carbocycles. The summed E-state index contributed by atoms with van der Waals surface area (Å²) in [7, 11) is 2.18. The molecule has 106 valence electrons. The highest BCUT2D eigenvalue weighted by Gasteiger charge is 2.31. The molecule has 1 fully saturated rings. The van der Waals surface area contributed by atoms with Crippen molar-refractivity contribution in [2.75, 3.05) is 46.4 Å². The van der Waals surface area contributed by atoms with Crippen LogP contribution in [0, 0.1) is 0 Å². The number of rotatable bonds is 5. The van der Waals surface area contributed by atoms with Crippen molar-refractivity contribution in [2.45, 2.75) is 32.7 Å². The molecular formula is C13H27N3OS. The van der Waals surface area contributed by atoms with Crippen molar-refractivity contribution in [3.05, 3.63) is 0 Å². The van der Waals surface area contributed by atoms with E-state index in [4.69, 9.17) is 17.0 Å². The zero-order chi connectivity index (χ0) is 13.6. The molecular weight excluding hydrogens is 246 g/mol. The lowest BCUT2D eigenvalue weighted by molar-refractivity contribution is 0.0739. The maximum absolute atomic E-state index is 5.45. The number of hydrogen-bond donors (Lipinski definition) is 1. The molecule has 4 nitrogen and oxygen atoms in total. The maximum atomic E-state index is 5.45. The summed E-state index contributed by atoms with van der Waals surface area (Å²) in [4.78, 5) is 4.66. The van der Waals surface area contributed by atoms with Gasteiger partial charge >= 0.3 is 0 Å². The summed E-state index contributed by atoms with van der Waals surface area (Å²) in [5.74, 6) is 0. The van der Waals surface area contributed by atoms with Crippen LogP contribution >= 0.6 is 12.2 Å². The molecule has 1 aliphatic rings. The molecule has 18 heavy (non-hydrogen) atoms. The summed E-state index contributed by atoms with van der Waals surface area (Å²) >= 11 is 5.45. The van der Waals surface area contributed by atoms with Crippen molar-refractivity contribution in [3.8, 4) is 0 Å². The fraction of sp³-hybridized carbons (Fsp3) is 0.923. The number of hydrogen-bond acceptors (Lipinski definition) is 3. The van der Waals surface area contributed by atoms with Crippen LogP contribution in [0.1, 0.15) is 27.2 Å². The van der Waals surface area contributed by atoms with Crippen molar-refractivity contribution < 1.29 is 4.74 Å². The predicted molar refractivity (Wildman–Crippen MR) is 80.0 cm³/mol. The number of nitrogens with one attached hydrogen (secondary N) is 1. The van der Waals surface area contributed by atoms with Gasteiger partial charge in [0.25, 0.3) is 0 Å². The Morgan fingerprint density at radius 2 is 2.11 bits per heavy atom. The first-order valence-corrected chi connectivity index (χ1v) is 7.20. The van der Waals surface area contributed by atoms with Crippen LogP contribution in [0.25, 0.3) is 0 Å². The molecule has 1 N–H and O–H groups in total. The summed E-state index contributed by atoms with van der Waals surface area (Å²) in [6, 6.07) is 0. The highest BCUT2D eigenvalue weighted by molar-refractivity contribution is 7.80. The monoisotopic (exact) mass is 273 g/mol. The second-order valence-electron chi connectivity index (χ2n) is 5.44. The lowest BCUT2D eigenvalue weighted by Gasteiger charge is -2.46. The van der Waals surface area contributed by atoms with Crippen LogP contribution in [0.5, 0.6) is 0 Å². The topological polar surface area (TPSA) is 27.7 Å². The Morgan fingerprint density at radius 1 is 1.39 bits per heavy atom. The van der Waals surface area contributed by atoms with Gasteiger partial charge in [-0.25, -0.2) is 0 Å². The molecule has 0 spiro atoms. The van der Waals surface area contributed by atoms with Gasteiger partial charge in [0.2, 0.25) is 0 Å². The SMILES string of the molecule is CCOCCCNC(=S)N1CCN(C)C(C)(C)C1. The van der Waals surface area contributed by atoms with Crippen LogP contribution in [-0.4, -0.2) is 66.9 Å². The molecule has 0 unspecified atom stereocenters. The molecule has 0 bridgehead atoms. The Labute approximate surface area is 117 Å². The van der Waals surface area contributed by atoms with Gasteiger partial charge < -0.3 is 15.0 Å². The normalized spacial score (nSPS) is 19.9. The highest BCUT2D eigenvalue weighted by Crippen LogP contribution is 2.18. The predicted octanol–water partition coefficient (Wildman–Crippen LogP) is 1.31. The van der Waals surface area contributed by atoms with Crippen molar-refractivity contribution in [1.82, 2.24) is 15.1 Å². The summed E-state index contributed by atoms with van der Waals surface area (Å²) < 4.78 is 5.30. The van der Waals surface area contributed by atoms with Gasteiger partial charge in [-0.3, -0.25) is 4.90 Å². The maximum Gasteiger partial charge on any atom is 0.169 e. The zero-order valence-electron chi connectivity index (χ0n) is 12.2. The Balaban J connectivity index is 2.26. The van der Waals surface area contributed by atoms with Gasteiger partial charge in [-0.1, -0.05) is 0 Å². The van der Waals surface area contributed by atoms with Gasteiger partial charge in [0, 0.05) is 44.9 Å². The van der Waals surface area contributed by atoms with Gasteiger partial charge in [0.05, 0.1) is 0 Å². The van der Waals surface area contributed by atoms with E-state index in [1.54, 1.807) is 0 Å². The minimum Gasteiger partial charge on any atom is -0.382 e. The fourth-order valence-electron chi connectivity index (χ4n) is 2.04. The molecule has 0 atom stereocenters. The first-order valence-electron chi connectivity index (χ1n) is 6.79. The van der Waals surface area contributed by atoms with Gasteiger partial charge in [-0.15, -0.1) is 0 Å². The molecule has 1 aliphatic heterocycles. The molecule has 5 heteroatoms. The van der Waals surface area contributed by atoms with Crippen molar-refractivity contribution >= 4 is 17.3 Å². The van der Waals surface area contributed by atoms with E-state index in [0.29, 0.717) is 0 Å². The van der Waals surface area contributed by atoms with E-state index in [9.17, 15) is 0 Å². The van der Waals surface area contributed by atoms with Crippen molar-refractivity contribution in [2.24, 2.45) is 0 Å². The van der Waals surface area contributed by atoms with Crippen LogP contribution < -0.4 is 5.32 Å². The fourth-order valence-corrected chi connectivity index (χ4v) is 2.30. The molecule has 1 heterocycles. The summed E-state index contributed by atoms with van der Waals surface area (Å²) in [6.45, 7) is 12.1. The Morgan fingerprint density at radius 3 is 2.72 bits per heavy atom. The number of nitrogens with zero attached hydrogens (tertiary/aromatic N) is 2. The second-order valence-corrected chi connectivity index (χ2v) is 5.82. The molecule has 0 amide bonds. The zero-order valence-corrected chi connectivity index (χ0v) is 13.0. The first kappa shape index (κ1) is 15.7.